The Labute approximate surface area is 468 Å². The Morgan fingerprint density at radius 3 is 1.37 bits per heavy atom. The molecule has 2 aliphatic heterocycles. The van der Waals surface area contributed by atoms with Crippen LogP contribution in [0.4, 0.5) is 17.6 Å². The Kier molecular flexibility index (Phi) is 19.9. The van der Waals surface area contributed by atoms with Crippen LogP contribution in [0.25, 0.3) is 44.1 Å². The lowest BCUT2D eigenvalue weighted by molar-refractivity contribution is -0.132. The minimum atomic E-state index is -3.17. The number of nitriles is 2. The fourth-order valence-electron chi connectivity index (χ4n) is 9.33. The van der Waals surface area contributed by atoms with Gasteiger partial charge in [0.1, 0.15) is 36.8 Å². The van der Waals surface area contributed by atoms with Gasteiger partial charge in [-0.25, -0.2) is 17.6 Å². The maximum absolute atomic E-state index is 13.9. The van der Waals surface area contributed by atoms with E-state index in [4.69, 9.17) is 29.4 Å². The average molecular weight is 1130 g/mol. The first kappa shape index (κ1) is 59.3. The summed E-state index contributed by atoms with van der Waals surface area (Å²) in [5.41, 5.74) is 10.4. The lowest BCUT2D eigenvalue weighted by Gasteiger charge is -2.22. The highest BCUT2D eigenvalue weighted by molar-refractivity contribution is 6.09. The highest BCUT2D eigenvalue weighted by Gasteiger charge is 2.48. The van der Waals surface area contributed by atoms with Crippen LogP contribution < -0.4 is 25.8 Å². The van der Waals surface area contributed by atoms with Gasteiger partial charge in [0.25, 0.3) is 23.7 Å². The zero-order chi connectivity index (χ0) is 58.2. The minimum absolute atomic E-state index is 0.172. The molecule has 5 amide bonds. The van der Waals surface area contributed by atoms with Gasteiger partial charge in [0.15, 0.2) is 0 Å². The lowest BCUT2D eigenvalue weighted by Crippen LogP contribution is -2.43. The summed E-state index contributed by atoms with van der Waals surface area (Å²) in [5.74, 6) is -8.16. The molecule has 6 aromatic rings. The van der Waals surface area contributed by atoms with Crippen molar-refractivity contribution in [3.63, 3.8) is 0 Å². The van der Waals surface area contributed by atoms with Gasteiger partial charge < -0.3 is 54.8 Å². The molecule has 2 saturated heterocycles. The van der Waals surface area contributed by atoms with Crippen molar-refractivity contribution in [2.24, 2.45) is 5.73 Å². The predicted molar refractivity (Wildman–Crippen MR) is 289 cm³/mol. The van der Waals surface area contributed by atoms with Gasteiger partial charge in [0, 0.05) is 49.1 Å². The smallest absolute Gasteiger partial charge is 0.268 e. The Morgan fingerprint density at radius 2 is 0.963 bits per heavy atom. The van der Waals surface area contributed by atoms with Gasteiger partial charge in [-0.05, 0) is 82.9 Å². The summed E-state index contributed by atoms with van der Waals surface area (Å²) in [5, 5.41) is 24.5. The first-order chi connectivity index (χ1) is 39.5. The van der Waals surface area contributed by atoms with E-state index in [0.29, 0.717) is 59.6 Å². The number of aromatic nitrogens is 2. The van der Waals surface area contributed by atoms with Crippen molar-refractivity contribution in [1.82, 2.24) is 35.3 Å². The average Bonchev–Trinajstić information content (AvgIpc) is 4.02. The van der Waals surface area contributed by atoms with Gasteiger partial charge in [0.2, 0.25) is 17.7 Å². The molecule has 0 unspecified atom stereocenters. The number of nitrogens with two attached hydrogens (primary N) is 1. The number of likely N-dealkylation sites (tertiary alicyclic amines) is 2. The molecule has 82 heavy (non-hydrogen) atoms. The van der Waals surface area contributed by atoms with Crippen LogP contribution in [0.5, 0.6) is 11.5 Å². The maximum atomic E-state index is 13.9. The second-order valence-corrected chi connectivity index (χ2v) is 19.2. The molecule has 2 aromatic heterocycles. The van der Waals surface area contributed by atoms with Crippen molar-refractivity contribution in [3.8, 4) is 45.9 Å². The molecule has 20 nitrogen and oxygen atoms in total. The van der Waals surface area contributed by atoms with Crippen molar-refractivity contribution >= 4 is 51.3 Å². The number of carbonyl (C=O) groups is 5. The fraction of sp³-hybridized carbons (Fsp3) is 0.362. The van der Waals surface area contributed by atoms with Crippen LogP contribution in [0.3, 0.4) is 0 Å². The van der Waals surface area contributed by atoms with Gasteiger partial charge in [-0.15, -0.1) is 0 Å². The third kappa shape index (κ3) is 15.5. The number of carbonyl (C=O) groups excluding carboxylic acids is 5. The standard InChI is InChI=1S/C58H58F4N10O10/c59-57(60)29-42(31-63)71(36-57)53(74)34-68-55(76)46-13-15-66-50-11-5-40(27-48(46)50)38-1-7-44(8-2-38)81-25-23-79-20-18-70(52(73)33-65)17-19-78-21-22-80-24-26-82-45-9-3-39(4-10-45)41-6-12-51-49(28-41)47(14-16-67-51)56(77)69-35-54(75)72-37-58(61,62)30-43(72)32-64/h1-16,27-28,42-43H,17-26,29-30,33-37,65H2,(H,68,76)(H,69,77)/t42-,43-/m0/s1. The Balaban J connectivity index is 0.690. The number of benzene rings is 4. The third-order valence-electron chi connectivity index (χ3n) is 13.5. The van der Waals surface area contributed by atoms with Crippen LogP contribution in [-0.2, 0) is 28.6 Å². The topological polar surface area (TPSA) is 265 Å². The molecule has 8 rings (SSSR count). The second kappa shape index (κ2) is 27.6. The van der Waals surface area contributed by atoms with E-state index in [1.165, 1.54) is 24.5 Å². The molecule has 428 valence electrons. The fourth-order valence-corrected chi connectivity index (χ4v) is 9.33. The number of amides is 5. The van der Waals surface area contributed by atoms with E-state index in [0.717, 1.165) is 32.1 Å². The summed E-state index contributed by atoms with van der Waals surface area (Å²) in [6, 6.07) is 29.3. The van der Waals surface area contributed by atoms with E-state index < -0.39 is 86.6 Å². The molecule has 0 saturated carbocycles. The molecule has 0 radical (unpaired) electrons. The summed E-state index contributed by atoms with van der Waals surface area (Å²) < 4.78 is 84.3. The van der Waals surface area contributed by atoms with Crippen LogP contribution in [-0.4, -0.2) is 177 Å². The van der Waals surface area contributed by atoms with E-state index in [-0.39, 0.29) is 63.2 Å². The first-order valence-electron chi connectivity index (χ1n) is 26.2. The zero-order valence-corrected chi connectivity index (χ0v) is 44.4. The van der Waals surface area contributed by atoms with Crippen molar-refractivity contribution in [3.05, 3.63) is 121 Å². The first-order valence-corrected chi connectivity index (χ1v) is 26.2. The van der Waals surface area contributed by atoms with Crippen molar-refractivity contribution in [2.75, 3.05) is 98.7 Å². The number of fused-ring (bicyclic) bond motifs is 2. The van der Waals surface area contributed by atoms with E-state index >= 15 is 0 Å². The van der Waals surface area contributed by atoms with Gasteiger partial charge in [-0.2, -0.15) is 10.5 Å². The van der Waals surface area contributed by atoms with Gasteiger partial charge in [0.05, 0.1) is 107 Å². The van der Waals surface area contributed by atoms with Crippen molar-refractivity contribution in [1.29, 1.82) is 10.5 Å². The number of alkyl halides is 4. The van der Waals surface area contributed by atoms with Crippen LogP contribution in [0.15, 0.2) is 109 Å². The number of hydrogen-bond acceptors (Lipinski definition) is 15. The molecular formula is C58H58F4N10O10. The third-order valence-corrected chi connectivity index (χ3v) is 13.5. The van der Waals surface area contributed by atoms with Crippen molar-refractivity contribution < 1.29 is 65.2 Å². The number of nitrogens with one attached hydrogen (secondary N) is 2. The van der Waals surface area contributed by atoms with Crippen LogP contribution in [0.1, 0.15) is 33.6 Å². The molecule has 4 N–H and O–H groups in total. The van der Waals surface area contributed by atoms with Crippen LogP contribution in [0, 0.1) is 22.7 Å². The largest absolute Gasteiger partial charge is 0.491 e. The summed E-state index contributed by atoms with van der Waals surface area (Å²) in [7, 11) is 0. The number of halogens is 4. The predicted octanol–water partition coefficient (Wildman–Crippen LogP) is 5.39. The molecule has 2 aliphatic rings. The van der Waals surface area contributed by atoms with Crippen LogP contribution in [0.2, 0.25) is 0 Å². The lowest BCUT2D eigenvalue weighted by atomic mass is 10.0. The normalized spacial score (nSPS) is 16.1. The van der Waals surface area contributed by atoms with Gasteiger partial charge in [-0.3, -0.25) is 33.9 Å². The molecule has 2 fully saturated rings. The van der Waals surface area contributed by atoms with E-state index in [1.807, 2.05) is 36.4 Å². The Morgan fingerprint density at radius 1 is 0.573 bits per heavy atom. The monoisotopic (exact) mass is 1130 g/mol. The van der Waals surface area contributed by atoms with E-state index in [2.05, 4.69) is 20.6 Å². The van der Waals surface area contributed by atoms with E-state index in [1.54, 1.807) is 65.6 Å². The molecule has 0 bridgehead atoms. The molecule has 4 heterocycles. The summed E-state index contributed by atoms with van der Waals surface area (Å²) in [6.07, 6.45) is 1.42. The number of pyridine rings is 2. The molecule has 2 atom stereocenters. The summed E-state index contributed by atoms with van der Waals surface area (Å²) >= 11 is 0. The quantitative estimate of drug-likeness (QED) is 0.0454. The molecule has 24 heteroatoms. The maximum Gasteiger partial charge on any atom is 0.268 e. The van der Waals surface area contributed by atoms with Crippen molar-refractivity contribution in [2.45, 2.75) is 36.8 Å². The van der Waals surface area contributed by atoms with Gasteiger partial charge >= 0.3 is 0 Å². The van der Waals surface area contributed by atoms with Crippen LogP contribution >= 0.6 is 0 Å². The summed E-state index contributed by atoms with van der Waals surface area (Å²) in [6.45, 7) is -0.335. The molecule has 0 spiro atoms. The Bertz CT molecular complexity index is 3340. The van der Waals surface area contributed by atoms with Gasteiger partial charge in [-0.1, -0.05) is 36.4 Å². The van der Waals surface area contributed by atoms with E-state index in [9.17, 15) is 52.1 Å². The number of hydrogen-bond donors (Lipinski definition) is 3. The second-order valence-electron chi connectivity index (χ2n) is 19.2. The minimum Gasteiger partial charge on any atom is -0.491 e. The Hall–Kier alpha value is -8.81. The highest BCUT2D eigenvalue weighted by atomic mass is 19.3. The number of rotatable bonds is 26. The molecule has 0 aliphatic carbocycles. The summed E-state index contributed by atoms with van der Waals surface area (Å²) in [4.78, 5) is 76.1. The zero-order valence-electron chi connectivity index (χ0n) is 44.4. The molecular weight excluding hydrogens is 1070 g/mol. The molecule has 4 aromatic carbocycles. The highest BCUT2D eigenvalue weighted by Crippen LogP contribution is 2.34. The number of ether oxygens (including phenoxy) is 5. The SMILES string of the molecule is N#C[C@@H]1CC(F)(F)CN1C(=O)CNC(=O)c1ccnc2ccc(-c3ccc(OCCOCCOCCN(CCOCCOc4ccc(-c5ccc6nccc(C(=O)NCC(=O)N7CC(F)(F)C[C@H]7C#N)c6c5)cc4)C(=O)CN)cc3)cc12. The number of nitrogens with zero attached hydrogens (tertiary/aromatic N) is 7.